The molecule has 0 unspecified atom stereocenters. The first kappa shape index (κ1) is 59.0. The van der Waals surface area contributed by atoms with Crippen LogP contribution < -0.4 is 43.0 Å². The zero-order chi connectivity index (χ0) is 54.6. The van der Waals surface area contributed by atoms with Crippen LogP contribution in [0.5, 0.6) is 0 Å². The van der Waals surface area contributed by atoms with Crippen LogP contribution in [0.4, 0.5) is 0 Å². The molecule has 1 heterocycles. The Morgan fingerprint density at radius 3 is 1.46 bits per heavy atom. The van der Waals surface area contributed by atoms with Crippen molar-refractivity contribution in [2.24, 2.45) is 23.5 Å². The molecule has 0 spiro atoms. The molecule has 10 atom stereocenters. The maximum absolute atomic E-state index is 14.4. The van der Waals surface area contributed by atoms with E-state index in [-0.39, 0.29) is 32.1 Å². The zero-order valence-corrected chi connectivity index (χ0v) is 43.1. The molecule has 4 rings (SSSR count). The molecule has 74 heavy (non-hydrogen) atoms. The molecule has 0 saturated carbocycles. The van der Waals surface area contributed by atoms with Crippen molar-refractivity contribution in [3.05, 3.63) is 108 Å². The van der Waals surface area contributed by atoms with Gasteiger partial charge in [-0.25, -0.2) is 4.79 Å². The number of carbonyl (C=O) groups excluding carboxylic acids is 7. The Morgan fingerprint density at radius 1 is 0.514 bits per heavy atom. The molecule has 4 aromatic rings. The molecule has 0 aliphatic carbocycles. The molecule has 0 bridgehead atoms. The second kappa shape index (κ2) is 28.6. The third-order valence-electron chi connectivity index (χ3n) is 13.1. The highest BCUT2D eigenvalue weighted by molar-refractivity contribution is 5.98. The van der Waals surface area contributed by atoms with E-state index in [1.165, 1.54) is 6.92 Å². The summed E-state index contributed by atoms with van der Waals surface area (Å²) in [6.45, 7) is 11.8. The molecule has 12 N–H and O–H groups in total. The minimum Gasteiger partial charge on any atom is -0.481 e. The largest absolute Gasteiger partial charge is 0.481 e. The number of fused-ring (bicyclic) bond motifs is 1. The number of para-hydroxylation sites is 1. The number of aromatic nitrogens is 1. The van der Waals surface area contributed by atoms with Crippen LogP contribution in [-0.2, 0) is 62.4 Å². The first-order valence-corrected chi connectivity index (χ1v) is 25.1. The minimum atomic E-state index is -1.33. The van der Waals surface area contributed by atoms with E-state index in [1.807, 2.05) is 31.2 Å². The first-order chi connectivity index (χ1) is 35.1. The lowest BCUT2D eigenvalue weighted by Crippen LogP contribution is -2.61. The number of hydrogen-bond acceptors (Lipinski definition) is 10. The Labute approximate surface area is 431 Å². The van der Waals surface area contributed by atoms with Gasteiger partial charge in [0.1, 0.15) is 42.3 Å². The number of carboxylic acids is 2. The molecule has 0 radical (unpaired) electrons. The van der Waals surface area contributed by atoms with Gasteiger partial charge in [-0.05, 0) is 53.9 Å². The van der Waals surface area contributed by atoms with Gasteiger partial charge in [0.15, 0.2) is 0 Å². The lowest BCUT2D eigenvalue weighted by Gasteiger charge is -2.30. The van der Waals surface area contributed by atoms with Gasteiger partial charge in [0, 0.05) is 42.8 Å². The van der Waals surface area contributed by atoms with Crippen LogP contribution in [0.15, 0.2) is 91.1 Å². The fourth-order valence-electron chi connectivity index (χ4n) is 8.14. The topological polar surface area (TPSA) is 320 Å². The number of nitrogens with two attached hydrogens (primary N) is 1. The predicted molar refractivity (Wildman–Crippen MR) is 278 cm³/mol. The molecule has 20 heteroatoms. The number of nitrogens with one attached hydrogen (secondary N) is 8. The Morgan fingerprint density at radius 2 is 0.959 bits per heavy atom. The van der Waals surface area contributed by atoms with Crippen LogP contribution in [0.2, 0.25) is 0 Å². The Hall–Kier alpha value is -7.61. The summed E-state index contributed by atoms with van der Waals surface area (Å²) in [7, 11) is 0. The van der Waals surface area contributed by atoms with Crippen molar-refractivity contribution in [3.63, 3.8) is 0 Å². The van der Waals surface area contributed by atoms with E-state index in [0.717, 1.165) is 10.9 Å². The molecule has 400 valence electrons. The van der Waals surface area contributed by atoms with Gasteiger partial charge in [0.25, 0.3) is 0 Å². The summed E-state index contributed by atoms with van der Waals surface area (Å²) in [5.41, 5.74) is 8.76. The third-order valence-corrected chi connectivity index (χ3v) is 13.1. The van der Waals surface area contributed by atoms with Crippen LogP contribution in [0.25, 0.3) is 10.9 Å². The molecule has 7 amide bonds. The summed E-state index contributed by atoms with van der Waals surface area (Å²) in [4.78, 5) is 124. The molecule has 0 aliphatic heterocycles. The van der Waals surface area contributed by atoms with E-state index in [2.05, 4.69) is 42.2 Å². The van der Waals surface area contributed by atoms with E-state index in [9.17, 15) is 48.3 Å². The maximum atomic E-state index is 14.4. The van der Waals surface area contributed by atoms with Crippen molar-refractivity contribution in [2.75, 3.05) is 0 Å². The minimum absolute atomic E-state index is 0.0282. The van der Waals surface area contributed by atoms with E-state index in [0.29, 0.717) is 29.5 Å². The van der Waals surface area contributed by atoms with Gasteiger partial charge in [0.2, 0.25) is 41.4 Å². The zero-order valence-electron chi connectivity index (χ0n) is 43.1. The van der Waals surface area contributed by atoms with Gasteiger partial charge in [-0.2, -0.15) is 0 Å². The van der Waals surface area contributed by atoms with Gasteiger partial charge >= 0.3 is 11.9 Å². The summed E-state index contributed by atoms with van der Waals surface area (Å²) in [5.74, 6) is -9.01. The quantitative estimate of drug-likeness (QED) is 0.0374. The van der Waals surface area contributed by atoms with Crippen LogP contribution >= 0.6 is 0 Å². The lowest BCUT2D eigenvalue weighted by molar-refractivity contribution is -0.142. The second-order valence-electron chi connectivity index (χ2n) is 19.2. The van der Waals surface area contributed by atoms with E-state index in [1.54, 1.807) is 101 Å². The monoisotopic (exact) mass is 1020 g/mol. The van der Waals surface area contributed by atoms with Gasteiger partial charge in [-0.1, -0.05) is 133 Å². The number of hydrogen-bond donors (Lipinski definition) is 11. The van der Waals surface area contributed by atoms with E-state index in [4.69, 9.17) is 10.8 Å². The van der Waals surface area contributed by atoms with E-state index < -0.39 is 119 Å². The smallest absolute Gasteiger partial charge is 0.326 e. The predicted octanol–water partition coefficient (Wildman–Crippen LogP) is 2.63. The highest BCUT2D eigenvalue weighted by atomic mass is 16.4. The van der Waals surface area contributed by atoms with Crippen molar-refractivity contribution >= 4 is 64.2 Å². The fraction of sp³-hybridized carbons (Fsp3) is 0.463. The summed E-state index contributed by atoms with van der Waals surface area (Å²) in [6, 6.07) is 14.9. The second-order valence-corrected chi connectivity index (χ2v) is 19.2. The maximum Gasteiger partial charge on any atom is 0.326 e. The molecular weight excluding hydrogens is 951 g/mol. The number of benzene rings is 3. The molecule has 1 aromatic heterocycles. The van der Waals surface area contributed by atoms with Gasteiger partial charge in [-0.3, -0.25) is 38.4 Å². The average Bonchev–Trinajstić information content (AvgIpc) is 3.79. The van der Waals surface area contributed by atoms with Crippen molar-refractivity contribution in [2.45, 2.75) is 142 Å². The third kappa shape index (κ3) is 17.6. The number of H-pyrrole nitrogens is 1. The number of amides is 7. The summed E-state index contributed by atoms with van der Waals surface area (Å²) >= 11 is 0. The highest BCUT2D eigenvalue weighted by Crippen LogP contribution is 2.20. The fourth-order valence-corrected chi connectivity index (χ4v) is 8.14. The van der Waals surface area contributed by atoms with Crippen LogP contribution in [0.1, 0.15) is 90.8 Å². The molecule has 3 aromatic carbocycles. The van der Waals surface area contributed by atoms with Gasteiger partial charge in [0.05, 0.1) is 6.04 Å². The first-order valence-electron chi connectivity index (χ1n) is 25.1. The molecule has 0 fully saturated rings. The van der Waals surface area contributed by atoms with Crippen molar-refractivity contribution in [1.82, 2.24) is 42.2 Å². The van der Waals surface area contributed by atoms with Crippen LogP contribution in [-0.4, -0.2) is 117 Å². The Kier molecular flexibility index (Phi) is 22.8. The summed E-state index contributed by atoms with van der Waals surface area (Å²) in [6.07, 6.45) is 1.93. The number of rotatable bonds is 29. The van der Waals surface area contributed by atoms with E-state index >= 15 is 0 Å². The SMILES string of the molecule is CC[C@H](C)[C@H](NC(=O)[C@@H](NC(=O)[C@H](C)NC(=O)[C@H](Cc1ccccc1)NC(=O)[C@H](Cc1ccccc1)NC(=O)[C@@H](NC(=O)[C@@H](N)CCC(=O)O)[C@@H](C)CC)C(C)C)C(=O)N[C@@H](Cc1c[nH]c2ccccc12)C(=O)O. The Balaban J connectivity index is 1.51. The molecule has 0 aliphatic rings. The molecular formula is C54H73N9O11. The number of aliphatic carboxylic acids is 2. The normalized spacial score (nSPS) is 15.3. The van der Waals surface area contributed by atoms with Crippen molar-refractivity contribution in [3.8, 4) is 0 Å². The number of carboxylic acid groups (broad SMARTS) is 2. The van der Waals surface area contributed by atoms with Crippen LogP contribution in [0, 0.1) is 17.8 Å². The lowest BCUT2D eigenvalue weighted by atomic mass is 9.95. The van der Waals surface area contributed by atoms with Gasteiger partial charge < -0.3 is 58.1 Å². The molecule has 0 saturated heterocycles. The highest BCUT2D eigenvalue weighted by Gasteiger charge is 2.36. The molecule has 20 nitrogen and oxygen atoms in total. The van der Waals surface area contributed by atoms with Crippen LogP contribution in [0.3, 0.4) is 0 Å². The number of aromatic amines is 1. The summed E-state index contributed by atoms with van der Waals surface area (Å²) < 4.78 is 0. The van der Waals surface area contributed by atoms with Crippen molar-refractivity contribution < 1.29 is 53.4 Å². The summed E-state index contributed by atoms with van der Waals surface area (Å²) in [5, 5.41) is 38.9. The standard InChI is InChI=1S/C54H73N9O11/c1-8-31(5)45(62-48(67)38(55)24-25-43(64)65)52(71)59-41(27-35-20-14-11-15-21-35)50(69)58-40(26-34-18-12-10-13-19-34)49(68)57-33(7)47(66)61-44(30(3)4)51(70)63-46(32(6)9-2)53(72)60-42(54(73)74)28-36-29-56-39-23-17-16-22-37(36)39/h10-23,29-33,38,40-42,44-46,56H,8-9,24-28,55H2,1-7H3,(H,57,68)(H,58,69)(H,59,71)(H,60,72)(H,61,66)(H,62,67)(H,63,70)(H,64,65)(H,73,74)/t31-,32-,33-,38-,40-,41-,42-,44-,45-,46-/m0/s1. The van der Waals surface area contributed by atoms with Gasteiger partial charge in [-0.15, -0.1) is 0 Å². The average molecular weight is 1020 g/mol. The number of carbonyl (C=O) groups is 9. The Bertz CT molecular complexity index is 2560. The van der Waals surface area contributed by atoms with Crippen molar-refractivity contribution in [1.29, 1.82) is 0 Å².